The zero-order valence-corrected chi connectivity index (χ0v) is 12.7. The van der Waals surface area contributed by atoms with Crippen molar-refractivity contribution in [3.63, 3.8) is 0 Å². The Balaban J connectivity index is 0.00000106. The van der Waals surface area contributed by atoms with E-state index < -0.39 is 0 Å². The smallest absolute Gasteiger partial charge is 0.0869 e. The normalized spacial score (nSPS) is 16.9. The third-order valence-corrected chi connectivity index (χ3v) is 2.57. The van der Waals surface area contributed by atoms with Crippen molar-refractivity contribution in [1.82, 2.24) is 10.2 Å². The molecule has 0 aromatic heterocycles. The summed E-state index contributed by atoms with van der Waals surface area (Å²) >= 11 is 0. The van der Waals surface area contributed by atoms with E-state index in [-0.39, 0.29) is 10.8 Å². The second-order valence-corrected chi connectivity index (χ2v) is 6.26. The van der Waals surface area contributed by atoms with Crippen LogP contribution in [0.5, 0.6) is 0 Å². The Hall–Kier alpha value is -0.660. The first-order valence-corrected chi connectivity index (χ1v) is 6.34. The van der Waals surface area contributed by atoms with Gasteiger partial charge in [0.05, 0.1) is 6.67 Å². The molecule has 0 saturated carbocycles. The van der Waals surface area contributed by atoms with Gasteiger partial charge in [0.2, 0.25) is 0 Å². The summed E-state index contributed by atoms with van der Waals surface area (Å²) in [4.78, 5) is 2.32. The lowest BCUT2D eigenvalue weighted by Gasteiger charge is -2.31. The van der Waals surface area contributed by atoms with Crippen LogP contribution in [0.1, 0.15) is 55.4 Å². The highest BCUT2D eigenvalue weighted by Gasteiger charge is 2.34. The van der Waals surface area contributed by atoms with Crippen molar-refractivity contribution in [3.05, 3.63) is 11.4 Å². The Bertz CT molecular complexity index is 251. The molecular weight excluding hydrogens is 196 g/mol. The van der Waals surface area contributed by atoms with Crippen molar-refractivity contribution < 1.29 is 0 Å². The van der Waals surface area contributed by atoms with Gasteiger partial charge < -0.3 is 10.2 Å². The molecule has 1 heterocycles. The monoisotopic (exact) mass is 226 g/mol. The maximum Gasteiger partial charge on any atom is 0.0869 e. The van der Waals surface area contributed by atoms with Crippen molar-refractivity contribution in [3.8, 4) is 0 Å². The van der Waals surface area contributed by atoms with E-state index in [1.165, 1.54) is 11.4 Å². The fourth-order valence-corrected chi connectivity index (χ4v) is 2.12. The fraction of sp³-hybridized carbons (Fsp3) is 0.857. The number of rotatable bonds is 0. The Morgan fingerprint density at radius 1 is 0.938 bits per heavy atom. The number of hydrogen-bond acceptors (Lipinski definition) is 2. The molecule has 1 N–H and O–H groups in total. The molecule has 0 fully saturated rings. The Labute approximate surface area is 102 Å². The van der Waals surface area contributed by atoms with Gasteiger partial charge in [-0.1, -0.05) is 55.4 Å². The molecule has 0 aromatic rings. The fourth-order valence-electron chi connectivity index (χ4n) is 2.12. The van der Waals surface area contributed by atoms with Crippen molar-refractivity contribution in [2.24, 2.45) is 10.8 Å². The third kappa shape index (κ3) is 3.43. The van der Waals surface area contributed by atoms with Crippen LogP contribution in [0.25, 0.3) is 0 Å². The minimum atomic E-state index is 0.216. The molecular formula is C14H30N2. The predicted octanol–water partition coefficient (Wildman–Crippen LogP) is 3.81. The second-order valence-electron chi connectivity index (χ2n) is 6.26. The summed E-state index contributed by atoms with van der Waals surface area (Å²) in [6, 6.07) is 0. The van der Waals surface area contributed by atoms with Crippen LogP contribution >= 0.6 is 0 Å². The van der Waals surface area contributed by atoms with Crippen molar-refractivity contribution in [1.29, 1.82) is 0 Å². The van der Waals surface area contributed by atoms with E-state index in [0.29, 0.717) is 0 Å². The average Bonchev–Trinajstić information content (AvgIpc) is 2.49. The largest absolute Gasteiger partial charge is 0.369 e. The Kier molecular flexibility index (Phi) is 4.90. The SMILES string of the molecule is CC.CN1CNC(C(C)(C)C)=C1C(C)(C)C. The molecule has 2 heteroatoms. The van der Waals surface area contributed by atoms with Crippen LogP contribution in [0.4, 0.5) is 0 Å². The topological polar surface area (TPSA) is 15.3 Å². The minimum absolute atomic E-state index is 0.216. The van der Waals surface area contributed by atoms with E-state index in [1.54, 1.807) is 0 Å². The summed E-state index contributed by atoms with van der Waals surface area (Å²) in [5.41, 5.74) is 3.28. The summed E-state index contributed by atoms with van der Waals surface area (Å²) in [5.74, 6) is 0. The summed E-state index contributed by atoms with van der Waals surface area (Å²) in [7, 11) is 2.16. The van der Waals surface area contributed by atoms with Crippen LogP contribution in [-0.4, -0.2) is 18.6 Å². The molecule has 96 valence electrons. The van der Waals surface area contributed by atoms with Gasteiger partial charge in [-0.15, -0.1) is 0 Å². The zero-order valence-electron chi connectivity index (χ0n) is 12.7. The number of nitrogens with zero attached hydrogens (tertiary/aromatic N) is 1. The molecule has 0 radical (unpaired) electrons. The molecule has 2 nitrogen and oxygen atoms in total. The van der Waals surface area contributed by atoms with Gasteiger partial charge in [0, 0.05) is 29.3 Å². The van der Waals surface area contributed by atoms with Gasteiger partial charge in [-0.25, -0.2) is 0 Å². The first kappa shape index (κ1) is 15.3. The molecule has 1 aliphatic rings. The van der Waals surface area contributed by atoms with Crippen LogP contribution in [0.15, 0.2) is 11.4 Å². The van der Waals surface area contributed by atoms with E-state index in [2.05, 4.69) is 58.8 Å². The summed E-state index contributed by atoms with van der Waals surface area (Å²) in [6.45, 7) is 18.6. The van der Waals surface area contributed by atoms with E-state index in [4.69, 9.17) is 0 Å². The number of allylic oxidation sites excluding steroid dienone is 2. The molecule has 0 atom stereocenters. The lowest BCUT2D eigenvalue weighted by molar-refractivity contribution is 0.330. The minimum Gasteiger partial charge on any atom is -0.369 e. The lowest BCUT2D eigenvalue weighted by Crippen LogP contribution is -2.25. The molecule has 0 aliphatic carbocycles. The standard InChI is InChI=1S/C12H24N2.C2H6/c1-11(2,3)9-10(12(4,5)6)14(7)8-13-9;1-2/h13H,8H2,1-7H3;1-2H3. The van der Waals surface area contributed by atoms with Gasteiger partial charge in [0.1, 0.15) is 0 Å². The molecule has 1 aliphatic heterocycles. The Morgan fingerprint density at radius 2 is 1.38 bits per heavy atom. The maximum atomic E-state index is 3.51. The predicted molar refractivity (Wildman–Crippen MR) is 73.0 cm³/mol. The summed E-state index contributed by atoms with van der Waals surface area (Å²) in [5, 5.41) is 3.51. The van der Waals surface area contributed by atoms with Gasteiger partial charge in [0.25, 0.3) is 0 Å². The summed E-state index contributed by atoms with van der Waals surface area (Å²) in [6.07, 6.45) is 0. The molecule has 0 unspecified atom stereocenters. The van der Waals surface area contributed by atoms with Gasteiger partial charge in [0.15, 0.2) is 0 Å². The molecule has 0 saturated heterocycles. The van der Waals surface area contributed by atoms with Crippen LogP contribution in [0.3, 0.4) is 0 Å². The lowest BCUT2D eigenvalue weighted by atomic mass is 9.83. The third-order valence-electron chi connectivity index (χ3n) is 2.57. The molecule has 16 heavy (non-hydrogen) atoms. The van der Waals surface area contributed by atoms with Crippen LogP contribution in [0, 0.1) is 10.8 Å². The van der Waals surface area contributed by atoms with Crippen LogP contribution < -0.4 is 5.32 Å². The molecule has 0 spiro atoms. The highest BCUT2D eigenvalue weighted by atomic mass is 15.3. The molecule has 0 aromatic carbocycles. The van der Waals surface area contributed by atoms with Gasteiger partial charge in [-0.05, 0) is 0 Å². The van der Waals surface area contributed by atoms with Crippen LogP contribution in [0.2, 0.25) is 0 Å². The zero-order chi connectivity index (χ0) is 13.1. The van der Waals surface area contributed by atoms with E-state index in [9.17, 15) is 0 Å². The number of hydrogen-bond donors (Lipinski definition) is 1. The molecule has 0 amide bonds. The van der Waals surface area contributed by atoms with Crippen molar-refractivity contribution in [2.75, 3.05) is 13.7 Å². The first-order chi connectivity index (χ1) is 7.14. The van der Waals surface area contributed by atoms with Gasteiger partial charge in [-0.3, -0.25) is 0 Å². The van der Waals surface area contributed by atoms with E-state index >= 15 is 0 Å². The highest BCUT2D eigenvalue weighted by molar-refractivity contribution is 5.25. The summed E-state index contributed by atoms with van der Waals surface area (Å²) < 4.78 is 0. The second kappa shape index (κ2) is 5.11. The highest BCUT2D eigenvalue weighted by Crippen LogP contribution is 2.38. The quantitative estimate of drug-likeness (QED) is 0.675. The Morgan fingerprint density at radius 3 is 1.62 bits per heavy atom. The molecule has 0 bridgehead atoms. The van der Waals surface area contributed by atoms with Gasteiger partial charge >= 0.3 is 0 Å². The van der Waals surface area contributed by atoms with Crippen molar-refractivity contribution >= 4 is 0 Å². The van der Waals surface area contributed by atoms with E-state index in [1.807, 2.05) is 13.8 Å². The van der Waals surface area contributed by atoms with Gasteiger partial charge in [-0.2, -0.15) is 0 Å². The first-order valence-electron chi connectivity index (χ1n) is 6.34. The maximum absolute atomic E-state index is 3.51. The van der Waals surface area contributed by atoms with Crippen molar-refractivity contribution in [2.45, 2.75) is 55.4 Å². The van der Waals surface area contributed by atoms with Crippen LogP contribution in [-0.2, 0) is 0 Å². The number of nitrogens with one attached hydrogen (secondary N) is 1. The molecule has 1 rings (SSSR count). The van der Waals surface area contributed by atoms with E-state index in [0.717, 1.165) is 6.67 Å². The average molecular weight is 226 g/mol.